The van der Waals surface area contributed by atoms with Crippen molar-refractivity contribution in [2.24, 2.45) is 0 Å². The van der Waals surface area contributed by atoms with Gasteiger partial charge < -0.3 is 4.90 Å². The molecule has 1 aliphatic heterocycles. The average Bonchev–Trinajstić information content (AvgIpc) is 3.48. The zero-order valence-electron chi connectivity index (χ0n) is 22.3. The summed E-state index contributed by atoms with van der Waals surface area (Å²) in [6.45, 7) is 3.13. The molecule has 204 valence electrons. The first-order chi connectivity index (χ1) is 20.1. The third-order valence-electron chi connectivity index (χ3n) is 7.72. The second-order valence-electron chi connectivity index (χ2n) is 10.1. The monoisotopic (exact) mass is 560 g/mol. The van der Waals surface area contributed by atoms with Crippen LogP contribution in [0.5, 0.6) is 0 Å². The molecular formula is C32H28N6O2S. The number of sulfone groups is 1. The van der Waals surface area contributed by atoms with Gasteiger partial charge in [-0.15, -0.1) is 5.10 Å². The number of hydrogen-bond acceptors (Lipinski definition) is 7. The third kappa shape index (κ3) is 4.53. The van der Waals surface area contributed by atoms with Crippen LogP contribution in [0.4, 0.5) is 5.82 Å². The fraction of sp³-hybridized carbons (Fsp3) is 0.156. The number of hydrogen-bond donors (Lipinski definition) is 0. The molecule has 0 saturated carbocycles. The molecule has 0 aliphatic carbocycles. The highest BCUT2D eigenvalue weighted by Gasteiger charge is 2.30. The fourth-order valence-corrected chi connectivity index (χ4v) is 6.99. The second kappa shape index (κ2) is 10.4. The van der Waals surface area contributed by atoms with Crippen LogP contribution in [0, 0.1) is 0 Å². The van der Waals surface area contributed by atoms with Crippen LogP contribution in [0.2, 0.25) is 0 Å². The highest BCUT2D eigenvalue weighted by atomic mass is 32.2. The second-order valence-corrected chi connectivity index (χ2v) is 12.0. The first-order valence-electron chi connectivity index (χ1n) is 13.6. The van der Waals surface area contributed by atoms with E-state index in [0.717, 1.165) is 42.9 Å². The van der Waals surface area contributed by atoms with Gasteiger partial charge in [0, 0.05) is 31.6 Å². The van der Waals surface area contributed by atoms with Gasteiger partial charge in [0.05, 0.1) is 16.5 Å². The molecule has 0 radical (unpaired) electrons. The molecule has 1 aliphatic rings. The van der Waals surface area contributed by atoms with Crippen molar-refractivity contribution in [2.75, 3.05) is 31.1 Å². The quantitative estimate of drug-likeness (QED) is 0.283. The summed E-state index contributed by atoms with van der Waals surface area (Å²) in [6.07, 6.45) is 0. The molecule has 0 bridgehead atoms. The molecule has 1 saturated heterocycles. The summed E-state index contributed by atoms with van der Waals surface area (Å²) in [4.78, 5) is 9.85. The van der Waals surface area contributed by atoms with Gasteiger partial charge in [-0.25, -0.2) is 13.4 Å². The number of fused-ring (bicyclic) bond motifs is 3. The summed E-state index contributed by atoms with van der Waals surface area (Å²) in [7, 11) is -3.90. The Morgan fingerprint density at radius 3 is 1.85 bits per heavy atom. The minimum Gasteiger partial charge on any atom is -0.353 e. The molecule has 41 heavy (non-hydrogen) atoms. The van der Waals surface area contributed by atoms with Gasteiger partial charge in [0.25, 0.3) is 0 Å². The molecule has 7 rings (SSSR count). The van der Waals surface area contributed by atoms with Crippen molar-refractivity contribution < 1.29 is 8.42 Å². The van der Waals surface area contributed by atoms with E-state index >= 15 is 0 Å². The summed E-state index contributed by atoms with van der Waals surface area (Å²) < 4.78 is 28.6. The summed E-state index contributed by atoms with van der Waals surface area (Å²) in [5, 5.41) is 9.11. The highest BCUT2D eigenvalue weighted by Crippen LogP contribution is 2.33. The van der Waals surface area contributed by atoms with Crippen molar-refractivity contribution in [3.63, 3.8) is 0 Å². The van der Waals surface area contributed by atoms with Gasteiger partial charge in [0.1, 0.15) is 5.82 Å². The lowest BCUT2D eigenvalue weighted by Gasteiger charge is -2.40. The van der Waals surface area contributed by atoms with Crippen LogP contribution in [0.1, 0.15) is 17.2 Å². The summed E-state index contributed by atoms with van der Waals surface area (Å²) in [6, 6.07) is 37.5. The molecule has 0 spiro atoms. The Morgan fingerprint density at radius 2 is 1.22 bits per heavy atom. The Morgan fingerprint density at radius 1 is 0.659 bits per heavy atom. The Bertz CT molecular complexity index is 1880. The van der Waals surface area contributed by atoms with Gasteiger partial charge >= 0.3 is 0 Å². The highest BCUT2D eigenvalue weighted by molar-refractivity contribution is 7.91. The maximum Gasteiger partial charge on any atom is 0.229 e. The molecule has 3 heterocycles. The van der Waals surface area contributed by atoms with Gasteiger partial charge in [0.15, 0.2) is 5.65 Å². The Labute approximate surface area is 238 Å². The van der Waals surface area contributed by atoms with E-state index in [4.69, 9.17) is 4.98 Å². The zero-order valence-corrected chi connectivity index (χ0v) is 23.1. The van der Waals surface area contributed by atoms with Crippen LogP contribution in [0.15, 0.2) is 125 Å². The van der Waals surface area contributed by atoms with Crippen molar-refractivity contribution in [1.29, 1.82) is 0 Å². The molecule has 6 aromatic rings. The van der Waals surface area contributed by atoms with Gasteiger partial charge in [-0.1, -0.05) is 96.2 Å². The fourth-order valence-electron chi connectivity index (χ4n) is 5.73. The van der Waals surface area contributed by atoms with E-state index in [1.165, 1.54) is 15.6 Å². The van der Waals surface area contributed by atoms with E-state index < -0.39 is 9.84 Å². The molecular weight excluding hydrogens is 532 g/mol. The number of rotatable bonds is 6. The molecule has 0 unspecified atom stereocenters. The van der Waals surface area contributed by atoms with Crippen molar-refractivity contribution >= 4 is 32.2 Å². The topological polar surface area (TPSA) is 83.7 Å². The average molecular weight is 561 g/mol. The predicted octanol–water partition coefficient (Wildman–Crippen LogP) is 5.02. The Kier molecular flexibility index (Phi) is 6.45. The van der Waals surface area contributed by atoms with E-state index in [1.807, 2.05) is 36.4 Å². The normalized spacial score (nSPS) is 14.7. The van der Waals surface area contributed by atoms with Crippen molar-refractivity contribution in [2.45, 2.75) is 16.0 Å². The molecule has 4 aromatic carbocycles. The smallest absolute Gasteiger partial charge is 0.229 e. The van der Waals surface area contributed by atoms with E-state index in [9.17, 15) is 8.42 Å². The maximum atomic E-state index is 13.5. The molecule has 0 atom stereocenters. The molecule has 9 heteroatoms. The zero-order chi connectivity index (χ0) is 27.8. The first-order valence-corrected chi connectivity index (χ1v) is 15.1. The van der Waals surface area contributed by atoms with E-state index in [2.05, 4.69) is 68.6 Å². The predicted molar refractivity (Wildman–Crippen MR) is 159 cm³/mol. The van der Waals surface area contributed by atoms with Crippen LogP contribution < -0.4 is 4.90 Å². The maximum absolute atomic E-state index is 13.5. The number of aromatic nitrogens is 4. The van der Waals surface area contributed by atoms with E-state index in [1.54, 1.807) is 30.3 Å². The van der Waals surface area contributed by atoms with Gasteiger partial charge in [0.2, 0.25) is 14.9 Å². The Balaban J connectivity index is 1.26. The summed E-state index contributed by atoms with van der Waals surface area (Å²) in [5.74, 6) is 0.746. The van der Waals surface area contributed by atoms with Crippen molar-refractivity contribution in [1.82, 2.24) is 24.7 Å². The molecule has 1 fully saturated rings. The van der Waals surface area contributed by atoms with E-state index in [0.29, 0.717) is 0 Å². The molecule has 0 amide bonds. The first kappa shape index (κ1) is 25.4. The van der Waals surface area contributed by atoms with Crippen molar-refractivity contribution in [3.8, 4) is 0 Å². The number of nitrogens with zero attached hydrogens (tertiary/aromatic N) is 6. The van der Waals surface area contributed by atoms with Crippen LogP contribution in [-0.4, -0.2) is 59.3 Å². The number of para-hydroxylation sites is 1. The summed E-state index contributed by atoms with van der Waals surface area (Å²) >= 11 is 0. The standard InChI is InChI=1S/C32H28N6O2S/c39-41(40,26-16-8-3-9-17-26)32-31-33-30(27-18-10-11-19-28(27)38(31)35-34-32)37-22-20-36(21-23-37)29(24-12-4-1-5-13-24)25-14-6-2-7-15-25/h1-19,29H,20-23H2. The van der Waals surface area contributed by atoms with Crippen molar-refractivity contribution in [3.05, 3.63) is 126 Å². The number of anilines is 1. The minimum atomic E-state index is -3.90. The van der Waals surface area contributed by atoms with Crippen LogP contribution in [0.3, 0.4) is 0 Å². The molecule has 0 N–H and O–H groups in total. The van der Waals surface area contributed by atoms with Crippen LogP contribution in [0.25, 0.3) is 16.6 Å². The van der Waals surface area contributed by atoms with Gasteiger partial charge in [-0.2, -0.15) is 4.52 Å². The number of benzene rings is 4. The van der Waals surface area contributed by atoms with Gasteiger partial charge in [-0.3, -0.25) is 4.90 Å². The Hall–Kier alpha value is -4.60. The summed E-state index contributed by atoms with van der Waals surface area (Å²) in [5.41, 5.74) is 3.52. The third-order valence-corrected chi connectivity index (χ3v) is 9.39. The largest absolute Gasteiger partial charge is 0.353 e. The lowest BCUT2D eigenvalue weighted by atomic mass is 9.96. The minimum absolute atomic E-state index is 0.137. The van der Waals surface area contributed by atoms with E-state index in [-0.39, 0.29) is 21.6 Å². The van der Waals surface area contributed by atoms with Crippen LogP contribution >= 0.6 is 0 Å². The molecule has 2 aromatic heterocycles. The molecule has 8 nitrogen and oxygen atoms in total. The van der Waals surface area contributed by atoms with Crippen LogP contribution in [-0.2, 0) is 9.84 Å². The lowest BCUT2D eigenvalue weighted by Crippen LogP contribution is -2.48. The lowest BCUT2D eigenvalue weighted by molar-refractivity contribution is 0.212. The number of piperazine rings is 1. The SMILES string of the molecule is O=S(=O)(c1ccccc1)c1nnn2c1nc(N1CCN(C(c3ccccc3)c3ccccc3)CC1)c1ccccc12. The van der Waals surface area contributed by atoms with Gasteiger partial charge in [-0.05, 0) is 35.4 Å².